The van der Waals surface area contributed by atoms with Crippen LogP contribution in [-0.2, 0) is 19.8 Å². The number of rotatable bonds is 7. The van der Waals surface area contributed by atoms with Crippen molar-refractivity contribution in [2.24, 2.45) is 0 Å². The van der Waals surface area contributed by atoms with Crippen molar-refractivity contribution in [2.45, 2.75) is 50.2 Å². The lowest BCUT2D eigenvalue weighted by Gasteiger charge is -2.40. The maximum absolute atomic E-state index is 14.2. The number of ether oxygens (including phenoxy) is 3. The van der Waals surface area contributed by atoms with E-state index in [9.17, 15) is 22.0 Å². The van der Waals surface area contributed by atoms with Gasteiger partial charge in [0.1, 0.15) is 0 Å². The van der Waals surface area contributed by atoms with Gasteiger partial charge < -0.3 is 19.9 Å². The van der Waals surface area contributed by atoms with E-state index in [1.54, 1.807) is 0 Å². The van der Waals surface area contributed by atoms with Crippen molar-refractivity contribution in [3.05, 3.63) is 29.8 Å². The van der Waals surface area contributed by atoms with Gasteiger partial charge in [-0.05, 0) is 37.0 Å². The Morgan fingerprint density at radius 2 is 1.73 bits per heavy atom. The second-order valence-electron chi connectivity index (χ2n) is 6.20. The average Bonchev–Trinajstić information content (AvgIpc) is 2.54. The molecule has 0 spiro atoms. The molecule has 4 nitrogen and oxygen atoms in total. The average molecular weight is 383 g/mol. The molecule has 0 aliphatic carbocycles. The lowest BCUT2D eigenvalue weighted by molar-refractivity contribution is -0.353. The van der Waals surface area contributed by atoms with Crippen LogP contribution in [0.5, 0.6) is 0 Å². The fourth-order valence-corrected chi connectivity index (χ4v) is 2.89. The highest BCUT2D eigenvalue weighted by Crippen LogP contribution is 2.52. The van der Waals surface area contributed by atoms with Gasteiger partial charge in [0, 0.05) is 19.2 Å². The van der Waals surface area contributed by atoms with Crippen LogP contribution in [0.25, 0.3) is 0 Å². The maximum atomic E-state index is 14.2. The Hall–Kier alpha value is -1.45. The van der Waals surface area contributed by atoms with Crippen molar-refractivity contribution in [3.8, 4) is 0 Å². The molecule has 148 valence electrons. The van der Waals surface area contributed by atoms with Crippen LogP contribution in [0.15, 0.2) is 24.3 Å². The monoisotopic (exact) mass is 383 g/mol. The highest BCUT2D eigenvalue weighted by molar-refractivity contribution is 5.42. The predicted octanol–water partition coefficient (Wildman–Crippen LogP) is 4.24. The summed E-state index contributed by atoms with van der Waals surface area (Å²) in [6.07, 6.45) is -3.55. The number of hydrogen-bond donors (Lipinski definition) is 1. The Morgan fingerprint density at radius 3 is 2.23 bits per heavy atom. The van der Waals surface area contributed by atoms with Crippen LogP contribution >= 0.6 is 0 Å². The van der Waals surface area contributed by atoms with E-state index in [0.717, 1.165) is 37.1 Å². The second-order valence-corrected chi connectivity index (χ2v) is 6.20. The molecule has 26 heavy (non-hydrogen) atoms. The van der Waals surface area contributed by atoms with Crippen LogP contribution in [0.3, 0.4) is 0 Å². The van der Waals surface area contributed by atoms with Crippen molar-refractivity contribution < 1.29 is 36.2 Å². The molecule has 0 saturated carbocycles. The molecule has 1 aliphatic heterocycles. The molecule has 2 N–H and O–H groups in total. The lowest BCUT2D eigenvalue weighted by Crippen LogP contribution is -2.57. The normalized spacial score (nSPS) is 21.4. The zero-order valence-corrected chi connectivity index (χ0v) is 14.3. The summed E-state index contributed by atoms with van der Waals surface area (Å²) in [4.78, 5) is 0. The number of benzene rings is 1. The summed E-state index contributed by atoms with van der Waals surface area (Å²) in [5.41, 5.74) is 1.08. The SMILES string of the molecule is CC(F)(F)C(OCCOC1CCCCO1)(c1ccc(N)cc1)C(F)(F)F. The lowest BCUT2D eigenvalue weighted by atomic mass is 9.86. The van der Waals surface area contributed by atoms with E-state index in [2.05, 4.69) is 0 Å². The van der Waals surface area contributed by atoms with E-state index >= 15 is 0 Å². The van der Waals surface area contributed by atoms with Crippen LogP contribution in [-0.4, -0.2) is 38.2 Å². The molecule has 0 bridgehead atoms. The van der Waals surface area contributed by atoms with Gasteiger partial charge in [0.15, 0.2) is 6.29 Å². The third-order valence-electron chi connectivity index (χ3n) is 4.18. The molecule has 1 aromatic carbocycles. The molecule has 1 heterocycles. The fourth-order valence-electron chi connectivity index (χ4n) is 2.89. The van der Waals surface area contributed by atoms with E-state index in [-0.39, 0.29) is 19.2 Å². The summed E-state index contributed by atoms with van der Waals surface area (Å²) in [7, 11) is 0. The van der Waals surface area contributed by atoms with E-state index in [4.69, 9.17) is 19.9 Å². The summed E-state index contributed by atoms with van der Waals surface area (Å²) in [5, 5.41) is 0. The summed E-state index contributed by atoms with van der Waals surface area (Å²) in [6, 6.07) is 4.03. The molecule has 2 unspecified atom stereocenters. The first-order valence-electron chi connectivity index (χ1n) is 8.25. The van der Waals surface area contributed by atoms with Crippen LogP contribution in [0.1, 0.15) is 31.7 Å². The van der Waals surface area contributed by atoms with Gasteiger partial charge in [-0.1, -0.05) is 12.1 Å². The summed E-state index contributed by atoms with van der Waals surface area (Å²) in [5.74, 6) is -4.23. The molecule has 9 heteroatoms. The minimum Gasteiger partial charge on any atom is -0.399 e. The van der Waals surface area contributed by atoms with Gasteiger partial charge >= 0.3 is 6.18 Å². The van der Waals surface area contributed by atoms with Crippen LogP contribution in [0.2, 0.25) is 0 Å². The van der Waals surface area contributed by atoms with Crippen molar-refractivity contribution >= 4 is 5.69 Å². The topological polar surface area (TPSA) is 53.7 Å². The van der Waals surface area contributed by atoms with Gasteiger partial charge in [-0.2, -0.15) is 13.2 Å². The highest BCUT2D eigenvalue weighted by atomic mass is 19.4. The van der Waals surface area contributed by atoms with Gasteiger partial charge in [-0.25, -0.2) is 8.78 Å². The molecular formula is C17H22F5NO3. The molecule has 2 atom stereocenters. The summed E-state index contributed by atoms with van der Waals surface area (Å²) in [6.45, 7) is -0.293. The van der Waals surface area contributed by atoms with E-state index < -0.39 is 36.2 Å². The van der Waals surface area contributed by atoms with Crippen molar-refractivity contribution in [3.63, 3.8) is 0 Å². The Labute approximate surface area is 148 Å². The van der Waals surface area contributed by atoms with Crippen LogP contribution < -0.4 is 5.73 Å². The van der Waals surface area contributed by atoms with E-state index in [1.807, 2.05) is 0 Å². The van der Waals surface area contributed by atoms with Crippen LogP contribution in [0, 0.1) is 0 Å². The smallest absolute Gasteiger partial charge is 0.399 e. The number of alkyl halides is 5. The number of nitrogens with two attached hydrogens (primary N) is 1. The number of nitrogen functional groups attached to an aromatic ring is 1. The van der Waals surface area contributed by atoms with Crippen LogP contribution in [0.4, 0.5) is 27.6 Å². The zero-order valence-electron chi connectivity index (χ0n) is 14.3. The quantitative estimate of drug-likeness (QED) is 0.435. The van der Waals surface area contributed by atoms with Gasteiger partial charge in [-0.15, -0.1) is 0 Å². The second kappa shape index (κ2) is 8.06. The molecule has 1 fully saturated rings. The molecule has 0 radical (unpaired) electrons. The van der Waals surface area contributed by atoms with Crippen molar-refractivity contribution in [2.75, 3.05) is 25.6 Å². The Kier molecular flexibility index (Phi) is 6.46. The standard InChI is InChI=1S/C17H22F5NO3/c1-15(18,19)16(17(20,21)22,12-5-7-13(23)8-6-12)26-11-10-25-14-4-2-3-9-24-14/h5-8,14H,2-4,9-11,23H2,1H3. The largest absolute Gasteiger partial charge is 0.427 e. The summed E-state index contributed by atoms with van der Waals surface area (Å²) >= 11 is 0. The Balaban J connectivity index is 2.18. The third-order valence-corrected chi connectivity index (χ3v) is 4.18. The molecule has 0 amide bonds. The first-order valence-corrected chi connectivity index (χ1v) is 8.25. The third kappa shape index (κ3) is 4.44. The van der Waals surface area contributed by atoms with E-state index in [0.29, 0.717) is 13.0 Å². The molecule has 1 saturated heterocycles. The zero-order chi connectivity index (χ0) is 19.4. The van der Waals surface area contributed by atoms with Crippen molar-refractivity contribution in [1.82, 2.24) is 0 Å². The van der Waals surface area contributed by atoms with E-state index in [1.165, 1.54) is 0 Å². The minimum absolute atomic E-state index is 0.155. The van der Waals surface area contributed by atoms with Gasteiger partial charge in [-0.3, -0.25) is 0 Å². The Morgan fingerprint density at radius 1 is 1.08 bits per heavy atom. The fraction of sp³-hybridized carbons (Fsp3) is 0.647. The minimum atomic E-state index is -5.36. The molecule has 0 aromatic heterocycles. The first-order chi connectivity index (χ1) is 12.1. The van der Waals surface area contributed by atoms with Gasteiger partial charge in [0.2, 0.25) is 0 Å². The number of halogens is 5. The highest BCUT2D eigenvalue weighted by Gasteiger charge is 2.69. The first kappa shape index (κ1) is 20.9. The number of hydrogen-bond acceptors (Lipinski definition) is 4. The molecule has 2 rings (SSSR count). The summed E-state index contributed by atoms with van der Waals surface area (Å²) < 4.78 is 84.9. The molecule has 1 aliphatic rings. The van der Waals surface area contributed by atoms with Gasteiger partial charge in [0.05, 0.1) is 13.2 Å². The molecule has 1 aromatic rings. The van der Waals surface area contributed by atoms with Crippen molar-refractivity contribution in [1.29, 1.82) is 0 Å². The predicted molar refractivity (Wildman–Crippen MR) is 84.7 cm³/mol. The number of anilines is 1. The maximum Gasteiger partial charge on any atom is 0.427 e. The van der Waals surface area contributed by atoms with Gasteiger partial charge in [0.25, 0.3) is 11.5 Å². The Bertz CT molecular complexity index is 551. The molecular weight excluding hydrogens is 361 g/mol.